The monoisotopic (exact) mass is 367 g/mol. The van der Waals surface area contributed by atoms with Crippen LogP contribution in [0, 0.1) is 10.1 Å². The van der Waals surface area contributed by atoms with E-state index in [9.17, 15) is 14.9 Å². The molecule has 0 N–H and O–H groups in total. The molecule has 8 nitrogen and oxygen atoms in total. The van der Waals surface area contributed by atoms with Crippen LogP contribution >= 0.6 is 0 Å². The molecule has 8 heteroatoms. The largest absolute Gasteiger partial charge is 0.484 e. The number of nitro groups is 1. The summed E-state index contributed by atoms with van der Waals surface area (Å²) in [6.07, 6.45) is 4.91. The number of carbonyl (C=O) groups excluding carboxylic acids is 1. The van der Waals surface area contributed by atoms with Crippen LogP contribution < -0.4 is 4.74 Å². The van der Waals surface area contributed by atoms with Gasteiger partial charge in [0.1, 0.15) is 11.5 Å². The molecule has 0 atom stereocenters. The normalized spacial score (nSPS) is 10.4. The van der Waals surface area contributed by atoms with Gasteiger partial charge in [-0.2, -0.15) is 0 Å². The number of hydrogen-bond donors (Lipinski definition) is 0. The molecule has 0 aliphatic heterocycles. The lowest BCUT2D eigenvalue weighted by molar-refractivity contribution is -0.384. The number of benzene rings is 1. The van der Waals surface area contributed by atoms with Crippen LogP contribution in [0.4, 0.5) is 5.69 Å². The maximum atomic E-state index is 12.7. The summed E-state index contributed by atoms with van der Waals surface area (Å²) >= 11 is 0. The number of nitro benzene ring substituents is 1. The van der Waals surface area contributed by atoms with E-state index >= 15 is 0 Å². The molecule has 0 saturated heterocycles. The molecule has 0 aliphatic rings. The van der Waals surface area contributed by atoms with Crippen LogP contribution in [0.2, 0.25) is 0 Å². The van der Waals surface area contributed by atoms with E-state index in [1.165, 1.54) is 24.3 Å². The van der Waals surface area contributed by atoms with Crippen LogP contribution in [0.5, 0.6) is 5.75 Å². The third kappa shape index (κ3) is 5.15. The fourth-order valence-corrected chi connectivity index (χ4v) is 2.44. The fraction of sp³-hybridized carbons (Fsp3) is 0.158. The minimum Gasteiger partial charge on any atom is -0.484 e. The summed E-state index contributed by atoms with van der Waals surface area (Å²) in [7, 11) is 0. The molecule has 138 valence electrons. The van der Waals surface area contributed by atoms with Crippen LogP contribution in [-0.4, -0.2) is 27.3 Å². The highest BCUT2D eigenvalue weighted by Gasteiger charge is 2.17. The molecular formula is C19H17N3O5. The first-order valence-electron chi connectivity index (χ1n) is 8.18. The molecule has 0 aliphatic carbocycles. The zero-order valence-electron chi connectivity index (χ0n) is 14.4. The first-order valence-corrected chi connectivity index (χ1v) is 8.18. The van der Waals surface area contributed by atoms with Crippen molar-refractivity contribution < 1.29 is 18.9 Å². The first kappa shape index (κ1) is 18.1. The minimum atomic E-state index is -0.492. The average Bonchev–Trinajstić information content (AvgIpc) is 3.20. The lowest BCUT2D eigenvalue weighted by Gasteiger charge is -2.22. The SMILES string of the molecule is O=C(COc1ccc([N+](=O)[O-])cc1)N(Cc1cccnc1)Cc1ccco1. The third-order valence-corrected chi connectivity index (χ3v) is 3.79. The number of furan rings is 1. The Balaban J connectivity index is 1.65. The maximum Gasteiger partial charge on any atom is 0.269 e. The van der Waals surface area contributed by atoms with E-state index in [0.717, 1.165) is 5.56 Å². The zero-order valence-corrected chi connectivity index (χ0v) is 14.4. The molecule has 27 heavy (non-hydrogen) atoms. The number of hydrogen-bond acceptors (Lipinski definition) is 6. The van der Waals surface area contributed by atoms with Gasteiger partial charge >= 0.3 is 0 Å². The molecule has 0 spiro atoms. The number of rotatable bonds is 8. The highest BCUT2D eigenvalue weighted by molar-refractivity contribution is 5.77. The van der Waals surface area contributed by atoms with E-state index in [-0.39, 0.29) is 18.2 Å². The van der Waals surface area contributed by atoms with E-state index < -0.39 is 4.92 Å². The molecule has 2 heterocycles. The second-order valence-electron chi connectivity index (χ2n) is 5.73. The molecular weight excluding hydrogens is 350 g/mol. The summed E-state index contributed by atoms with van der Waals surface area (Å²) in [4.78, 5) is 28.5. The van der Waals surface area contributed by atoms with Gasteiger partial charge < -0.3 is 14.1 Å². The van der Waals surface area contributed by atoms with Crippen molar-refractivity contribution in [1.29, 1.82) is 0 Å². The molecule has 2 aromatic heterocycles. The standard InChI is InChI=1S/C19H17N3O5/c23-19(14-27-17-7-5-16(6-8-17)22(24)25)21(13-18-4-2-10-26-18)12-15-3-1-9-20-11-15/h1-11H,12-14H2. The number of pyridine rings is 1. The van der Waals surface area contributed by atoms with E-state index in [1.807, 2.05) is 6.07 Å². The lowest BCUT2D eigenvalue weighted by Crippen LogP contribution is -2.34. The summed E-state index contributed by atoms with van der Waals surface area (Å²) in [5.41, 5.74) is 0.845. The average molecular weight is 367 g/mol. The van der Waals surface area contributed by atoms with E-state index in [0.29, 0.717) is 24.6 Å². The van der Waals surface area contributed by atoms with Crippen LogP contribution in [0.1, 0.15) is 11.3 Å². The summed E-state index contributed by atoms with van der Waals surface area (Å²) in [5, 5.41) is 10.7. The number of non-ortho nitro benzene ring substituents is 1. The van der Waals surface area contributed by atoms with Gasteiger partial charge in [0.25, 0.3) is 11.6 Å². The van der Waals surface area contributed by atoms with Crippen molar-refractivity contribution in [3.05, 3.63) is 88.6 Å². The van der Waals surface area contributed by atoms with Gasteiger partial charge in [0, 0.05) is 31.1 Å². The van der Waals surface area contributed by atoms with E-state index in [1.54, 1.807) is 41.8 Å². The second kappa shape index (κ2) is 8.61. The Morgan fingerprint density at radius 2 is 1.96 bits per heavy atom. The number of carbonyl (C=O) groups is 1. The lowest BCUT2D eigenvalue weighted by atomic mass is 10.2. The van der Waals surface area contributed by atoms with E-state index in [4.69, 9.17) is 9.15 Å². The Labute approximate surface area is 155 Å². The Morgan fingerprint density at radius 1 is 1.15 bits per heavy atom. The van der Waals surface area contributed by atoms with Crippen molar-refractivity contribution in [1.82, 2.24) is 9.88 Å². The highest BCUT2D eigenvalue weighted by Crippen LogP contribution is 2.18. The maximum absolute atomic E-state index is 12.7. The van der Waals surface area contributed by atoms with Crippen molar-refractivity contribution in [2.45, 2.75) is 13.1 Å². The van der Waals surface area contributed by atoms with Gasteiger partial charge in [0.05, 0.1) is 17.7 Å². The van der Waals surface area contributed by atoms with Crippen LogP contribution in [-0.2, 0) is 17.9 Å². The van der Waals surface area contributed by atoms with Gasteiger partial charge in [-0.15, -0.1) is 0 Å². The molecule has 3 aromatic rings. The zero-order chi connectivity index (χ0) is 19.1. The smallest absolute Gasteiger partial charge is 0.269 e. The Kier molecular flexibility index (Phi) is 5.78. The van der Waals surface area contributed by atoms with Crippen molar-refractivity contribution in [2.24, 2.45) is 0 Å². The number of nitrogens with zero attached hydrogens (tertiary/aromatic N) is 3. The Morgan fingerprint density at radius 3 is 2.59 bits per heavy atom. The van der Waals surface area contributed by atoms with Gasteiger partial charge in [0.2, 0.25) is 0 Å². The third-order valence-electron chi connectivity index (χ3n) is 3.79. The van der Waals surface area contributed by atoms with Gasteiger partial charge in [-0.1, -0.05) is 6.07 Å². The summed E-state index contributed by atoms with van der Waals surface area (Å²) in [6, 6.07) is 12.8. The topological polar surface area (TPSA) is 98.7 Å². The molecule has 0 saturated carbocycles. The Bertz CT molecular complexity index is 879. The molecule has 1 amide bonds. The molecule has 1 aromatic carbocycles. The second-order valence-corrected chi connectivity index (χ2v) is 5.73. The van der Waals surface area contributed by atoms with Gasteiger partial charge in [-0.25, -0.2) is 0 Å². The minimum absolute atomic E-state index is 0.0373. The molecule has 0 unspecified atom stereocenters. The summed E-state index contributed by atoms with van der Waals surface area (Å²) in [5.74, 6) is 0.796. The number of amides is 1. The van der Waals surface area contributed by atoms with Crippen LogP contribution in [0.3, 0.4) is 0 Å². The van der Waals surface area contributed by atoms with Gasteiger partial charge in [-0.05, 0) is 35.9 Å². The molecule has 0 fully saturated rings. The molecule has 3 rings (SSSR count). The number of ether oxygens (including phenoxy) is 1. The number of aromatic nitrogens is 1. The fourth-order valence-electron chi connectivity index (χ4n) is 2.44. The molecule has 0 radical (unpaired) electrons. The van der Waals surface area contributed by atoms with Crippen LogP contribution in [0.15, 0.2) is 71.6 Å². The summed E-state index contributed by atoms with van der Waals surface area (Å²) < 4.78 is 10.8. The van der Waals surface area contributed by atoms with Crippen molar-refractivity contribution in [3.8, 4) is 5.75 Å². The predicted molar refractivity (Wildman–Crippen MR) is 95.8 cm³/mol. The predicted octanol–water partition coefficient (Wildman–Crippen LogP) is 3.19. The van der Waals surface area contributed by atoms with Crippen molar-refractivity contribution in [2.75, 3.05) is 6.61 Å². The first-order chi connectivity index (χ1) is 13.1. The van der Waals surface area contributed by atoms with Gasteiger partial charge in [0.15, 0.2) is 6.61 Å². The highest BCUT2D eigenvalue weighted by atomic mass is 16.6. The van der Waals surface area contributed by atoms with Crippen LogP contribution in [0.25, 0.3) is 0 Å². The van der Waals surface area contributed by atoms with Crippen molar-refractivity contribution in [3.63, 3.8) is 0 Å². The van der Waals surface area contributed by atoms with Gasteiger partial charge in [-0.3, -0.25) is 19.9 Å². The van der Waals surface area contributed by atoms with E-state index in [2.05, 4.69) is 4.98 Å². The Hall–Kier alpha value is -3.68. The summed E-state index contributed by atoms with van der Waals surface area (Å²) in [6.45, 7) is 0.458. The molecule has 0 bridgehead atoms. The quantitative estimate of drug-likeness (QED) is 0.448. The van der Waals surface area contributed by atoms with Crippen molar-refractivity contribution >= 4 is 11.6 Å².